The lowest BCUT2D eigenvalue weighted by Gasteiger charge is -2.36. The highest BCUT2D eigenvalue weighted by atomic mass is 127. The van der Waals surface area contributed by atoms with Crippen molar-refractivity contribution in [3.63, 3.8) is 0 Å². The van der Waals surface area contributed by atoms with Crippen molar-refractivity contribution in [3.8, 4) is 0 Å². The van der Waals surface area contributed by atoms with E-state index >= 15 is 0 Å². The molecule has 0 bridgehead atoms. The van der Waals surface area contributed by atoms with E-state index < -0.39 is 0 Å². The van der Waals surface area contributed by atoms with Gasteiger partial charge in [-0.15, -0.1) is 24.0 Å². The second kappa shape index (κ2) is 14.2. The predicted octanol–water partition coefficient (Wildman–Crippen LogP) is 3.72. The van der Waals surface area contributed by atoms with Crippen molar-refractivity contribution in [2.45, 2.75) is 44.9 Å². The molecule has 1 heterocycles. The molecule has 0 aromatic heterocycles. The van der Waals surface area contributed by atoms with E-state index in [9.17, 15) is 0 Å². The van der Waals surface area contributed by atoms with Gasteiger partial charge >= 0.3 is 0 Å². The molecule has 1 fully saturated rings. The number of unbranched alkanes of at least 4 members (excludes halogenated alkanes) is 1. The maximum Gasteiger partial charge on any atom is 0.191 e. The largest absolute Gasteiger partial charge is 0.382 e. The molecule has 1 aliphatic heterocycles. The molecule has 0 radical (unpaired) electrons. The lowest BCUT2D eigenvalue weighted by molar-refractivity contribution is 0.0531. The van der Waals surface area contributed by atoms with Gasteiger partial charge in [0, 0.05) is 44.9 Å². The van der Waals surface area contributed by atoms with Crippen LogP contribution < -0.4 is 10.6 Å². The van der Waals surface area contributed by atoms with Crippen LogP contribution in [0.1, 0.15) is 45.1 Å². The lowest BCUT2D eigenvalue weighted by Crippen LogP contribution is -2.41. The molecule has 154 valence electrons. The molecule has 0 saturated carbocycles. The number of aliphatic imine (C=N–C) groups is 1. The molecule has 6 heteroatoms. The minimum Gasteiger partial charge on any atom is -0.382 e. The third-order valence-electron chi connectivity index (χ3n) is 4.93. The maximum atomic E-state index is 5.62. The van der Waals surface area contributed by atoms with Crippen LogP contribution in [0.2, 0.25) is 0 Å². The lowest BCUT2D eigenvalue weighted by atomic mass is 9.74. The Morgan fingerprint density at radius 3 is 2.52 bits per heavy atom. The van der Waals surface area contributed by atoms with E-state index in [2.05, 4.69) is 47.9 Å². The summed E-state index contributed by atoms with van der Waals surface area (Å²) in [5.74, 6) is 0.908. The van der Waals surface area contributed by atoms with Crippen molar-refractivity contribution < 1.29 is 9.47 Å². The van der Waals surface area contributed by atoms with Crippen LogP contribution in [0.5, 0.6) is 0 Å². The highest BCUT2D eigenvalue weighted by Crippen LogP contribution is 2.35. The normalized spacial score (nSPS) is 16.4. The fraction of sp³-hybridized carbons (Fsp3) is 0.667. The summed E-state index contributed by atoms with van der Waals surface area (Å²) in [4.78, 5) is 4.93. The zero-order valence-electron chi connectivity index (χ0n) is 16.8. The number of rotatable bonds is 10. The van der Waals surface area contributed by atoms with Crippen LogP contribution in [-0.2, 0) is 14.9 Å². The smallest absolute Gasteiger partial charge is 0.191 e. The van der Waals surface area contributed by atoms with Gasteiger partial charge in [-0.1, -0.05) is 30.3 Å². The summed E-state index contributed by atoms with van der Waals surface area (Å²) in [6.45, 7) is 9.96. The Hall–Kier alpha value is -0.860. The quantitative estimate of drug-likeness (QED) is 0.228. The van der Waals surface area contributed by atoms with Gasteiger partial charge in [-0.2, -0.15) is 0 Å². The fourth-order valence-corrected chi connectivity index (χ4v) is 3.34. The maximum absolute atomic E-state index is 5.62. The molecular formula is C21H36IN3O2. The summed E-state index contributed by atoms with van der Waals surface area (Å²) in [6.07, 6.45) is 4.20. The average Bonchev–Trinajstić information content (AvgIpc) is 2.70. The minimum atomic E-state index is 0. The van der Waals surface area contributed by atoms with Gasteiger partial charge in [-0.05, 0) is 45.1 Å². The molecule has 0 atom stereocenters. The van der Waals surface area contributed by atoms with Gasteiger partial charge < -0.3 is 20.1 Å². The Morgan fingerprint density at radius 1 is 1.11 bits per heavy atom. The molecule has 0 aliphatic carbocycles. The monoisotopic (exact) mass is 489 g/mol. The fourth-order valence-electron chi connectivity index (χ4n) is 3.34. The average molecular weight is 489 g/mol. The number of guanidine groups is 1. The van der Waals surface area contributed by atoms with E-state index in [0.29, 0.717) is 0 Å². The Kier molecular flexibility index (Phi) is 12.7. The Bertz CT molecular complexity index is 519. The Balaban J connectivity index is 0.00000364. The predicted molar refractivity (Wildman–Crippen MR) is 123 cm³/mol. The molecule has 1 saturated heterocycles. The van der Waals surface area contributed by atoms with Gasteiger partial charge in [-0.25, -0.2) is 0 Å². The molecule has 1 aromatic rings. The van der Waals surface area contributed by atoms with Crippen molar-refractivity contribution in [2.24, 2.45) is 4.99 Å². The van der Waals surface area contributed by atoms with Gasteiger partial charge in [0.25, 0.3) is 0 Å². The molecule has 0 unspecified atom stereocenters. The highest BCUT2D eigenvalue weighted by Gasteiger charge is 2.34. The number of hydrogen-bond donors (Lipinski definition) is 2. The number of ether oxygens (including phenoxy) is 2. The van der Waals surface area contributed by atoms with Gasteiger partial charge in [0.2, 0.25) is 0 Å². The first-order valence-electron chi connectivity index (χ1n) is 10.0. The van der Waals surface area contributed by atoms with Crippen molar-refractivity contribution in [3.05, 3.63) is 35.9 Å². The van der Waals surface area contributed by atoms with Crippen LogP contribution in [0.3, 0.4) is 0 Å². The molecule has 1 aromatic carbocycles. The van der Waals surface area contributed by atoms with Crippen LogP contribution in [0.4, 0.5) is 0 Å². The van der Waals surface area contributed by atoms with Gasteiger partial charge in [0.05, 0.1) is 6.54 Å². The third-order valence-corrected chi connectivity index (χ3v) is 4.93. The van der Waals surface area contributed by atoms with E-state index in [0.717, 1.165) is 77.7 Å². The highest BCUT2D eigenvalue weighted by molar-refractivity contribution is 14.0. The van der Waals surface area contributed by atoms with Gasteiger partial charge in [0.1, 0.15) is 0 Å². The molecule has 2 rings (SSSR count). The van der Waals surface area contributed by atoms with Gasteiger partial charge in [-0.3, -0.25) is 4.99 Å². The third kappa shape index (κ3) is 8.35. The number of hydrogen-bond acceptors (Lipinski definition) is 3. The first kappa shape index (κ1) is 24.2. The van der Waals surface area contributed by atoms with Crippen LogP contribution >= 0.6 is 24.0 Å². The van der Waals surface area contributed by atoms with Gasteiger partial charge in [0.15, 0.2) is 5.96 Å². The summed E-state index contributed by atoms with van der Waals surface area (Å²) >= 11 is 0. The van der Waals surface area contributed by atoms with Crippen molar-refractivity contribution in [1.29, 1.82) is 0 Å². The van der Waals surface area contributed by atoms with Crippen LogP contribution in [0, 0.1) is 0 Å². The molecule has 0 amide bonds. The summed E-state index contributed by atoms with van der Waals surface area (Å²) in [7, 11) is 0. The Morgan fingerprint density at radius 2 is 1.85 bits per heavy atom. The second-order valence-electron chi connectivity index (χ2n) is 6.78. The SMILES string of the molecule is CCNC(=NCC1(c2ccccc2)CCOCC1)NCCCCOCC.I. The minimum absolute atomic E-state index is 0. The number of nitrogens with zero attached hydrogens (tertiary/aromatic N) is 1. The molecule has 2 N–H and O–H groups in total. The number of halogens is 1. The second-order valence-corrected chi connectivity index (χ2v) is 6.78. The number of nitrogens with one attached hydrogen (secondary N) is 2. The molecule has 1 aliphatic rings. The van der Waals surface area contributed by atoms with Crippen molar-refractivity contribution >= 4 is 29.9 Å². The van der Waals surface area contributed by atoms with E-state index in [1.807, 2.05) is 6.92 Å². The van der Waals surface area contributed by atoms with E-state index in [1.54, 1.807) is 0 Å². The van der Waals surface area contributed by atoms with Crippen LogP contribution in [0.15, 0.2) is 35.3 Å². The first-order valence-corrected chi connectivity index (χ1v) is 10.0. The van der Waals surface area contributed by atoms with Crippen LogP contribution in [0.25, 0.3) is 0 Å². The molecule has 27 heavy (non-hydrogen) atoms. The zero-order chi connectivity index (χ0) is 18.5. The van der Waals surface area contributed by atoms with E-state index in [4.69, 9.17) is 14.5 Å². The zero-order valence-corrected chi connectivity index (χ0v) is 19.2. The molecule has 0 spiro atoms. The van der Waals surface area contributed by atoms with Crippen LogP contribution in [-0.4, -0.2) is 52.0 Å². The molecule has 5 nitrogen and oxygen atoms in total. The van der Waals surface area contributed by atoms with E-state index in [-0.39, 0.29) is 29.4 Å². The Labute approximate surface area is 181 Å². The number of benzene rings is 1. The summed E-state index contributed by atoms with van der Waals surface area (Å²) < 4.78 is 11.0. The summed E-state index contributed by atoms with van der Waals surface area (Å²) in [5.41, 5.74) is 1.45. The van der Waals surface area contributed by atoms with E-state index in [1.165, 1.54) is 5.56 Å². The van der Waals surface area contributed by atoms with Crippen molar-refractivity contribution in [1.82, 2.24) is 10.6 Å². The summed E-state index contributed by atoms with van der Waals surface area (Å²) in [5, 5.41) is 6.83. The topological polar surface area (TPSA) is 54.9 Å². The summed E-state index contributed by atoms with van der Waals surface area (Å²) in [6, 6.07) is 10.8. The molecular weight excluding hydrogens is 453 g/mol. The van der Waals surface area contributed by atoms with Crippen molar-refractivity contribution in [2.75, 3.05) is 46.1 Å². The first-order chi connectivity index (χ1) is 12.8. The standard InChI is InChI=1S/C21H35N3O2.HI/c1-3-22-20(23-14-8-9-15-25-4-2)24-18-21(12-16-26-17-13-21)19-10-6-5-7-11-19;/h5-7,10-11H,3-4,8-9,12-18H2,1-2H3,(H2,22,23,24);1H.